The van der Waals surface area contributed by atoms with Gasteiger partial charge < -0.3 is 20.8 Å². The third-order valence-electron chi connectivity index (χ3n) is 5.05. The van der Waals surface area contributed by atoms with Crippen LogP contribution in [0, 0.1) is 0 Å². The molecule has 0 saturated heterocycles. The summed E-state index contributed by atoms with van der Waals surface area (Å²) in [6.07, 6.45) is 0.822. The van der Waals surface area contributed by atoms with E-state index < -0.39 is 24.1 Å². The average molecular weight is 493 g/mol. The van der Waals surface area contributed by atoms with Gasteiger partial charge in [-0.3, -0.25) is 14.6 Å². The third kappa shape index (κ3) is 8.52. The number of nitrogens with two attached hydrogens (primary N) is 2. The van der Waals surface area contributed by atoms with Gasteiger partial charge in [0, 0.05) is 31.3 Å². The molecule has 13 heteroatoms. The zero-order chi connectivity index (χ0) is 25.4. The van der Waals surface area contributed by atoms with E-state index in [0.29, 0.717) is 23.4 Å². The first kappa shape index (κ1) is 25.9. The number of anilines is 1. The largest absolute Gasteiger partial charge is 0.490 e. The Morgan fingerprint density at radius 2 is 2.06 bits per heavy atom. The van der Waals surface area contributed by atoms with E-state index in [1.165, 1.54) is 12.3 Å². The van der Waals surface area contributed by atoms with Crippen molar-refractivity contribution in [2.75, 3.05) is 11.9 Å². The second-order valence-electron chi connectivity index (χ2n) is 8.20. The van der Waals surface area contributed by atoms with Crippen molar-refractivity contribution in [2.45, 2.75) is 50.3 Å². The summed E-state index contributed by atoms with van der Waals surface area (Å²) in [6, 6.07) is 6.23. The molecule has 2 aromatic rings. The Morgan fingerprint density at radius 3 is 2.71 bits per heavy atom. The predicted octanol–water partition coefficient (Wildman–Crippen LogP) is 1.67. The lowest BCUT2D eigenvalue weighted by molar-refractivity contribution is -0.134. The van der Waals surface area contributed by atoms with E-state index in [0.717, 1.165) is 11.2 Å². The van der Waals surface area contributed by atoms with Crippen molar-refractivity contribution < 1.29 is 27.5 Å². The molecule has 1 saturated carbocycles. The lowest BCUT2D eigenvalue weighted by Crippen LogP contribution is -2.43. The first-order valence-corrected chi connectivity index (χ1v) is 10.8. The predicted molar refractivity (Wildman–Crippen MR) is 120 cm³/mol. The van der Waals surface area contributed by atoms with Crippen LogP contribution in [-0.4, -0.2) is 57.1 Å². The number of pyridine rings is 1. The maximum absolute atomic E-state index is 14.1. The van der Waals surface area contributed by atoms with Gasteiger partial charge >= 0.3 is 0 Å². The zero-order valence-corrected chi connectivity index (χ0v) is 18.7. The number of hydrazine groups is 1. The number of hydrogen-bond acceptors (Lipinski definition) is 9. The Hall–Kier alpha value is -3.74. The van der Waals surface area contributed by atoms with Crippen molar-refractivity contribution in [2.24, 2.45) is 11.6 Å². The maximum Gasteiger partial charge on any atom is 0.255 e. The van der Waals surface area contributed by atoms with Crippen LogP contribution in [0.25, 0.3) is 0 Å². The fourth-order valence-corrected chi connectivity index (χ4v) is 3.32. The van der Waals surface area contributed by atoms with Gasteiger partial charge in [-0.2, -0.15) is 5.10 Å². The highest BCUT2D eigenvalue weighted by molar-refractivity contribution is 5.91. The highest BCUT2D eigenvalue weighted by Gasteiger charge is 2.47. The molecule has 1 aliphatic rings. The number of aryl methyl sites for hydroxylation is 1. The summed E-state index contributed by atoms with van der Waals surface area (Å²) in [5.41, 5.74) is 6.13. The van der Waals surface area contributed by atoms with Gasteiger partial charge in [-0.1, -0.05) is 0 Å². The van der Waals surface area contributed by atoms with Gasteiger partial charge in [0.05, 0.1) is 30.1 Å². The van der Waals surface area contributed by atoms with Crippen LogP contribution in [0.15, 0.2) is 42.4 Å². The maximum atomic E-state index is 14.1. The van der Waals surface area contributed by atoms with Gasteiger partial charge in [-0.15, -0.1) is 5.10 Å². The fourth-order valence-electron chi connectivity index (χ4n) is 3.32. The van der Waals surface area contributed by atoms with Crippen molar-refractivity contribution in [3.8, 4) is 5.75 Å². The van der Waals surface area contributed by atoms with Crippen molar-refractivity contribution in [3.63, 3.8) is 0 Å². The molecule has 3 rings (SSSR count). The number of carbonyl (C=O) groups excluding carboxylic acids is 2. The molecule has 0 radical (unpaired) electrons. The molecule has 10 nitrogen and oxygen atoms in total. The summed E-state index contributed by atoms with van der Waals surface area (Å²) >= 11 is 0. The monoisotopic (exact) mass is 493 g/mol. The van der Waals surface area contributed by atoms with Crippen LogP contribution in [0.3, 0.4) is 0 Å². The summed E-state index contributed by atoms with van der Waals surface area (Å²) in [6.45, 7) is -0.149. The number of aromatic nitrogens is 3. The van der Waals surface area contributed by atoms with Gasteiger partial charge in [0.2, 0.25) is 5.91 Å². The van der Waals surface area contributed by atoms with Crippen molar-refractivity contribution in [3.05, 3.63) is 53.7 Å². The second-order valence-corrected chi connectivity index (χ2v) is 8.20. The fraction of sp³-hybridized carbons (Fsp3) is 0.409. The SMILES string of the molecule is N/C(C=O)=C\N(N)CC(F)CCc1ccc(NC(=O)Cc2cc(OC3CC(F)(F)C3)ccn2)nn1. The van der Waals surface area contributed by atoms with Crippen LogP contribution >= 0.6 is 0 Å². The molecule has 2 heterocycles. The van der Waals surface area contributed by atoms with Crippen molar-refractivity contribution in [1.29, 1.82) is 0 Å². The first-order chi connectivity index (χ1) is 16.6. The molecule has 1 aliphatic carbocycles. The van der Waals surface area contributed by atoms with Gasteiger partial charge in [-0.05, 0) is 31.0 Å². The van der Waals surface area contributed by atoms with Crippen molar-refractivity contribution in [1.82, 2.24) is 20.2 Å². The second kappa shape index (κ2) is 11.6. The number of aldehydes is 1. The topological polar surface area (TPSA) is 149 Å². The number of hydrogen-bond donors (Lipinski definition) is 3. The number of amides is 1. The molecule has 1 atom stereocenters. The summed E-state index contributed by atoms with van der Waals surface area (Å²) in [7, 11) is 0. The quantitative estimate of drug-likeness (QED) is 0.174. The van der Waals surface area contributed by atoms with Gasteiger partial charge in [0.15, 0.2) is 12.1 Å². The summed E-state index contributed by atoms with van der Waals surface area (Å²) in [5.74, 6) is 3.06. The van der Waals surface area contributed by atoms with E-state index in [9.17, 15) is 22.8 Å². The number of allylic oxidation sites excluding steroid dienone is 1. The average Bonchev–Trinajstić information content (AvgIpc) is 2.77. The molecule has 5 N–H and O–H groups in total. The standard InChI is InChI=1S/C22H26F3N7O3/c23-14(11-32(27)12-15(26)13-33)1-2-16-3-4-20(31-30-16)29-21(34)8-17-7-18(5-6-28-17)35-19-9-22(24,25)10-19/h3-7,12-14,19H,1-2,8-11,26-27H2,(H,29,31,34)/b15-12-. The van der Waals surface area contributed by atoms with Crippen LogP contribution in [-0.2, 0) is 22.4 Å². The molecule has 2 aromatic heterocycles. The van der Waals surface area contributed by atoms with E-state index in [-0.39, 0.29) is 50.2 Å². The van der Waals surface area contributed by atoms with Gasteiger partial charge in [-0.25, -0.2) is 19.0 Å². The lowest BCUT2D eigenvalue weighted by atomic mass is 9.91. The van der Waals surface area contributed by atoms with Crippen LogP contribution in [0.2, 0.25) is 0 Å². The van der Waals surface area contributed by atoms with E-state index in [4.69, 9.17) is 16.3 Å². The summed E-state index contributed by atoms with van der Waals surface area (Å²) in [4.78, 5) is 26.9. The molecule has 0 spiro atoms. The lowest BCUT2D eigenvalue weighted by Gasteiger charge is -2.34. The van der Waals surface area contributed by atoms with E-state index >= 15 is 0 Å². The highest BCUT2D eigenvalue weighted by Crippen LogP contribution is 2.39. The Kier molecular flexibility index (Phi) is 8.58. The Morgan fingerprint density at radius 1 is 1.29 bits per heavy atom. The smallest absolute Gasteiger partial charge is 0.255 e. The Balaban J connectivity index is 1.43. The number of alkyl halides is 3. The van der Waals surface area contributed by atoms with E-state index in [1.807, 2.05) is 0 Å². The minimum atomic E-state index is -2.68. The molecule has 0 aromatic carbocycles. The van der Waals surface area contributed by atoms with Crippen LogP contribution in [0.1, 0.15) is 30.7 Å². The number of halogens is 3. The molecule has 0 bridgehead atoms. The summed E-state index contributed by atoms with van der Waals surface area (Å²) < 4.78 is 45.5. The zero-order valence-electron chi connectivity index (χ0n) is 18.7. The van der Waals surface area contributed by atoms with Crippen molar-refractivity contribution >= 4 is 18.0 Å². The minimum absolute atomic E-state index is 0.0797. The van der Waals surface area contributed by atoms with Gasteiger partial charge in [0.1, 0.15) is 18.0 Å². The molecule has 1 amide bonds. The Bertz CT molecular complexity index is 1040. The molecule has 188 valence electrons. The number of ether oxygens (including phenoxy) is 1. The number of nitrogens with one attached hydrogen (secondary N) is 1. The third-order valence-corrected chi connectivity index (χ3v) is 5.05. The number of rotatable bonds is 12. The molecule has 0 aliphatic heterocycles. The molecule has 35 heavy (non-hydrogen) atoms. The van der Waals surface area contributed by atoms with Crippen LogP contribution < -0.4 is 21.6 Å². The molecular formula is C22H26F3N7O3. The van der Waals surface area contributed by atoms with E-state index in [2.05, 4.69) is 20.5 Å². The summed E-state index contributed by atoms with van der Waals surface area (Å²) in [5, 5.41) is 11.5. The van der Waals surface area contributed by atoms with Gasteiger partial charge in [0.25, 0.3) is 5.92 Å². The van der Waals surface area contributed by atoms with Crippen LogP contribution in [0.4, 0.5) is 19.0 Å². The normalized spacial score (nSPS) is 16.2. The molecule has 1 unspecified atom stereocenters. The Labute approximate surface area is 199 Å². The minimum Gasteiger partial charge on any atom is -0.490 e. The molecular weight excluding hydrogens is 467 g/mol. The highest BCUT2D eigenvalue weighted by atomic mass is 19.3. The van der Waals surface area contributed by atoms with E-state index in [1.54, 1.807) is 18.2 Å². The first-order valence-electron chi connectivity index (χ1n) is 10.8. The number of carbonyl (C=O) groups is 2. The van der Waals surface area contributed by atoms with Crippen LogP contribution in [0.5, 0.6) is 5.75 Å². The number of nitrogens with zero attached hydrogens (tertiary/aromatic N) is 4. The molecule has 1 fully saturated rings.